The largest absolute Gasteiger partial charge is 0.481 e. The van der Waals surface area contributed by atoms with Crippen molar-refractivity contribution in [2.24, 2.45) is 0 Å². The molecular formula is C7H6O. The Balaban J connectivity index is 2.67. The highest BCUT2D eigenvalue weighted by atomic mass is 16.5. The highest BCUT2D eigenvalue weighted by Gasteiger charge is 1.91. The third kappa shape index (κ3) is 0.913. The van der Waals surface area contributed by atoms with Crippen LogP contribution in [0.1, 0.15) is 0 Å². The minimum atomic E-state index is 0.607. The van der Waals surface area contributed by atoms with E-state index in [4.69, 9.17) is 11.2 Å². The normalized spacial score (nSPS) is 16.1. The maximum Gasteiger partial charge on any atom is 0.170 e. The van der Waals surface area contributed by atoms with Gasteiger partial charge in [0, 0.05) is 0 Å². The second-order valence-corrected chi connectivity index (χ2v) is 1.41. The van der Waals surface area contributed by atoms with Crippen molar-refractivity contribution in [1.29, 1.82) is 0 Å². The molecule has 1 heterocycles. The Labute approximate surface area is 48.7 Å². The number of allylic oxidation sites excluding steroid dienone is 3. The van der Waals surface area contributed by atoms with Crippen molar-refractivity contribution in [1.82, 2.24) is 0 Å². The summed E-state index contributed by atoms with van der Waals surface area (Å²) in [6, 6.07) is 0. The quantitative estimate of drug-likeness (QED) is 0.420. The van der Waals surface area contributed by atoms with Gasteiger partial charge in [0.05, 0.1) is 0 Å². The molecule has 0 atom stereocenters. The van der Waals surface area contributed by atoms with Crippen molar-refractivity contribution in [3.8, 4) is 12.3 Å². The average molecular weight is 106 g/mol. The molecule has 0 aliphatic carbocycles. The Hall–Kier alpha value is -1.16. The molecule has 0 unspecified atom stereocenters. The van der Waals surface area contributed by atoms with Gasteiger partial charge in [-0.25, -0.2) is 0 Å². The van der Waals surface area contributed by atoms with Gasteiger partial charge in [0.15, 0.2) is 5.76 Å². The summed E-state index contributed by atoms with van der Waals surface area (Å²) in [6.07, 6.45) is 10.6. The molecule has 0 spiro atoms. The van der Waals surface area contributed by atoms with E-state index in [0.717, 1.165) is 0 Å². The monoisotopic (exact) mass is 106 g/mol. The maximum atomic E-state index is 5.03. The van der Waals surface area contributed by atoms with E-state index in [9.17, 15) is 0 Å². The summed E-state index contributed by atoms with van der Waals surface area (Å²) in [7, 11) is 0. The molecular weight excluding hydrogens is 100 g/mol. The van der Waals surface area contributed by atoms with Crippen molar-refractivity contribution in [3.63, 3.8) is 0 Å². The molecule has 1 aliphatic heterocycles. The molecule has 0 aromatic rings. The Morgan fingerprint density at radius 3 is 3.00 bits per heavy atom. The highest BCUT2D eigenvalue weighted by molar-refractivity contribution is 5.25. The second kappa shape index (κ2) is 2.23. The fraction of sp³-hybridized carbons (Fsp3) is 0.143. The number of terminal acetylenes is 1. The number of hydrogen-bond donors (Lipinski definition) is 0. The molecule has 0 radical (unpaired) electrons. The van der Waals surface area contributed by atoms with E-state index < -0.39 is 0 Å². The van der Waals surface area contributed by atoms with Crippen LogP contribution in [0.25, 0.3) is 0 Å². The molecule has 1 aliphatic rings. The minimum Gasteiger partial charge on any atom is -0.481 e. The first-order valence-electron chi connectivity index (χ1n) is 2.40. The summed E-state index contributed by atoms with van der Waals surface area (Å²) in [5.41, 5.74) is 0. The first-order valence-corrected chi connectivity index (χ1v) is 2.40. The van der Waals surface area contributed by atoms with Crippen LogP contribution in [-0.2, 0) is 4.74 Å². The van der Waals surface area contributed by atoms with Gasteiger partial charge in [0.2, 0.25) is 0 Å². The zero-order chi connectivity index (χ0) is 5.82. The number of hydrogen-bond acceptors (Lipinski definition) is 1. The molecule has 0 N–H and O–H groups in total. The van der Waals surface area contributed by atoms with Crippen LogP contribution in [-0.4, -0.2) is 6.61 Å². The second-order valence-electron chi connectivity index (χ2n) is 1.41. The average Bonchev–Trinajstić information content (AvgIpc) is 1.90. The molecule has 0 saturated heterocycles. The molecule has 0 amide bonds. The molecule has 1 nitrogen and oxygen atoms in total. The summed E-state index contributed by atoms with van der Waals surface area (Å²) in [5.74, 6) is 3.01. The minimum absolute atomic E-state index is 0.607. The van der Waals surface area contributed by atoms with Crippen LogP contribution in [0.2, 0.25) is 0 Å². The van der Waals surface area contributed by atoms with Crippen molar-refractivity contribution in [2.75, 3.05) is 6.61 Å². The molecule has 0 aromatic heterocycles. The molecule has 0 aromatic carbocycles. The fourth-order valence-electron chi connectivity index (χ4n) is 0.487. The van der Waals surface area contributed by atoms with Crippen LogP contribution in [0, 0.1) is 12.3 Å². The van der Waals surface area contributed by atoms with Gasteiger partial charge in [-0.05, 0) is 18.1 Å². The lowest BCUT2D eigenvalue weighted by atomic mass is 10.3. The lowest BCUT2D eigenvalue weighted by molar-refractivity contribution is 0.261. The Morgan fingerprint density at radius 2 is 2.62 bits per heavy atom. The van der Waals surface area contributed by atoms with Crippen LogP contribution >= 0.6 is 0 Å². The summed E-state index contributed by atoms with van der Waals surface area (Å²) in [4.78, 5) is 0. The van der Waals surface area contributed by atoms with Crippen LogP contribution in [0.15, 0.2) is 24.0 Å². The van der Waals surface area contributed by atoms with Crippen LogP contribution in [0.4, 0.5) is 0 Å². The van der Waals surface area contributed by atoms with E-state index in [1.54, 1.807) is 6.08 Å². The highest BCUT2D eigenvalue weighted by Crippen LogP contribution is 2.00. The van der Waals surface area contributed by atoms with Crippen LogP contribution in [0.5, 0.6) is 0 Å². The summed E-state index contributed by atoms with van der Waals surface area (Å²) >= 11 is 0. The molecule has 0 bridgehead atoms. The first-order chi connectivity index (χ1) is 3.93. The topological polar surface area (TPSA) is 9.23 Å². The number of rotatable bonds is 0. The van der Waals surface area contributed by atoms with Crippen LogP contribution < -0.4 is 0 Å². The van der Waals surface area contributed by atoms with Gasteiger partial charge in [0.1, 0.15) is 6.61 Å². The predicted octanol–water partition coefficient (Wildman–Crippen LogP) is 1.09. The van der Waals surface area contributed by atoms with E-state index in [-0.39, 0.29) is 0 Å². The van der Waals surface area contributed by atoms with Gasteiger partial charge in [-0.15, -0.1) is 6.42 Å². The van der Waals surface area contributed by atoms with Gasteiger partial charge in [-0.1, -0.05) is 6.08 Å². The SMILES string of the molecule is C#CC1=CC=CCO1. The molecule has 0 fully saturated rings. The van der Waals surface area contributed by atoms with E-state index in [2.05, 4.69) is 5.92 Å². The molecule has 1 heteroatoms. The van der Waals surface area contributed by atoms with Crippen molar-refractivity contribution in [3.05, 3.63) is 24.0 Å². The Kier molecular flexibility index (Phi) is 1.39. The van der Waals surface area contributed by atoms with Gasteiger partial charge in [-0.2, -0.15) is 0 Å². The van der Waals surface area contributed by atoms with Crippen molar-refractivity contribution >= 4 is 0 Å². The van der Waals surface area contributed by atoms with Crippen molar-refractivity contribution < 1.29 is 4.74 Å². The predicted molar refractivity (Wildman–Crippen MR) is 32.0 cm³/mol. The Morgan fingerprint density at radius 1 is 1.75 bits per heavy atom. The third-order valence-corrected chi connectivity index (χ3v) is 0.861. The zero-order valence-electron chi connectivity index (χ0n) is 4.42. The summed E-state index contributed by atoms with van der Waals surface area (Å²) in [6.45, 7) is 0.607. The van der Waals surface area contributed by atoms with Gasteiger partial charge < -0.3 is 4.74 Å². The Bertz CT molecular complexity index is 169. The molecule has 40 valence electrons. The van der Waals surface area contributed by atoms with Gasteiger partial charge in [-0.3, -0.25) is 0 Å². The maximum absolute atomic E-state index is 5.03. The van der Waals surface area contributed by atoms with E-state index in [1.807, 2.05) is 12.2 Å². The summed E-state index contributed by atoms with van der Waals surface area (Å²) in [5, 5.41) is 0. The molecule has 8 heavy (non-hydrogen) atoms. The smallest absolute Gasteiger partial charge is 0.170 e. The first kappa shape index (κ1) is 4.99. The standard InChI is InChI=1S/C7H6O/c1-2-7-5-3-4-6-8-7/h1,3-5H,6H2. The van der Waals surface area contributed by atoms with E-state index in [0.29, 0.717) is 12.4 Å². The fourth-order valence-corrected chi connectivity index (χ4v) is 0.487. The zero-order valence-corrected chi connectivity index (χ0v) is 4.42. The number of ether oxygens (including phenoxy) is 1. The molecule has 0 saturated carbocycles. The van der Waals surface area contributed by atoms with Gasteiger partial charge >= 0.3 is 0 Å². The van der Waals surface area contributed by atoms with Crippen molar-refractivity contribution in [2.45, 2.75) is 0 Å². The van der Waals surface area contributed by atoms with E-state index >= 15 is 0 Å². The molecule has 1 rings (SSSR count). The lowest BCUT2D eigenvalue weighted by Gasteiger charge is -2.02. The summed E-state index contributed by atoms with van der Waals surface area (Å²) < 4.78 is 4.97. The van der Waals surface area contributed by atoms with Gasteiger partial charge in [0.25, 0.3) is 0 Å². The van der Waals surface area contributed by atoms with E-state index in [1.165, 1.54) is 0 Å². The van der Waals surface area contributed by atoms with Crippen LogP contribution in [0.3, 0.4) is 0 Å². The lowest BCUT2D eigenvalue weighted by Crippen LogP contribution is -1.92. The third-order valence-electron chi connectivity index (χ3n) is 0.861.